The lowest BCUT2D eigenvalue weighted by Crippen LogP contribution is -2.51. The smallest absolute Gasteiger partial charge is 0.226 e. The molecule has 25 heavy (non-hydrogen) atoms. The van der Waals surface area contributed by atoms with Crippen LogP contribution in [0.15, 0.2) is 0 Å². The Morgan fingerprint density at radius 1 is 0.960 bits per heavy atom. The molecule has 0 saturated heterocycles. The van der Waals surface area contributed by atoms with Crippen molar-refractivity contribution in [3.05, 3.63) is 17.2 Å². The fourth-order valence-electron chi connectivity index (χ4n) is 5.42. The highest BCUT2D eigenvalue weighted by atomic mass is 16.2. The van der Waals surface area contributed by atoms with Crippen LogP contribution in [0.25, 0.3) is 0 Å². The number of hydrogen-bond donors (Lipinski definition) is 1. The quantitative estimate of drug-likeness (QED) is 0.888. The van der Waals surface area contributed by atoms with E-state index in [1.165, 1.54) is 75.6 Å². The predicted molar refractivity (Wildman–Crippen MR) is 99.4 cm³/mol. The molecule has 1 amide bonds. The average Bonchev–Trinajstić information content (AvgIpc) is 3.03. The Balaban J connectivity index is 1.52. The first kappa shape index (κ1) is 17.1. The molecule has 3 aliphatic carbocycles. The van der Waals surface area contributed by atoms with E-state index < -0.39 is 0 Å². The molecule has 1 unspecified atom stereocenters. The van der Waals surface area contributed by atoms with Crippen LogP contribution in [0.5, 0.6) is 0 Å². The van der Waals surface area contributed by atoms with E-state index in [0.29, 0.717) is 18.0 Å². The monoisotopic (exact) mass is 343 g/mol. The Hall–Kier alpha value is -1.32. The van der Waals surface area contributed by atoms with Crippen molar-refractivity contribution >= 4 is 5.91 Å². The molecule has 138 valence electrons. The molecule has 3 aliphatic rings. The second-order valence-electron chi connectivity index (χ2n) is 8.52. The summed E-state index contributed by atoms with van der Waals surface area (Å²) in [6.45, 7) is 2.02. The molecule has 2 fully saturated rings. The molecule has 1 aromatic heterocycles. The zero-order valence-electron chi connectivity index (χ0n) is 15.7. The molecule has 1 aromatic rings. The third-order valence-electron chi connectivity index (χ3n) is 6.70. The molecule has 4 rings (SSSR count). The van der Waals surface area contributed by atoms with Crippen LogP contribution < -0.4 is 0 Å². The Bertz CT molecular complexity index is 578. The summed E-state index contributed by atoms with van der Waals surface area (Å²) in [5.41, 5.74) is 2.41. The van der Waals surface area contributed by atoms with Crippen LogP contribution in [-0.2, 0) is 17.6 Å². The third-order valence-corrected chi connectivity index (χ3v) is 6.70. The van der Waals surface area contributed by atoms with Crippen LogP contribution in [0.4, 0.5) is 0 Å². The van der Waals surface area contributed by atoms with Gasteiger partial charge in [-0.15, -0.1) is 0 Å². The van der Waals surface area contributed by atoms with Gasteiger partial charge in [0.1, 0.15) is 5.82 Å². The standard InChI is InChI=1S/C21H33N3O/c1-15-22-19-13-12-16(14-20(19)23-15)21(25)24(17-8-4-2-5-9-17)18-10-6-3-7-11-18/h16-18H,2-14H2,1H3,(H,22,23). The van der Waals surface area contributed by atoms with Crippen LogP contribution in [0.1, 0.15) is 87.8 Å². The van der Waals surface area contributed by atoms with Gasteiger partial charge >= 0.3 is 0 Å². The number of fused-ring (bicyclic) bond motifs is 1. The molecule has 1 atom stereocenters. The lowest BCUT2D eigenvalue weighted by atomic mass is 9.84. The summed E-state index contributed by atoms with van der Waals surface area (Å²) < 4.78 is 0. The molecule has 4 nitrogen and oxygen atoms in total. The minimum absolute atomic E-state index is 0.163. The van der Waals surface area contributed by atoms with E-state index in [4.69, 9.17) is 0 Å². The van der Waals surface area contributed by atoms with E-state index in [2.05, 4.69) is 14.9 Å². The predicted octanol–water partition coefficient (Wildman–Crippen LogP) is 4.32. The molecule has 0 radical (unpaired) electrons. The van der Waals surface area contributed by atoms with Crippen LogP contribution in [0.2, 0.25) is 0 Å². The Morgan fingerprint density at radius 2 is 1.56 bits per heavy atom. The average molecular weight is 344 g/mol. The molecule has 2 saturated carbocycles. The minimum Gasteiger partial charge on any atom is -0.346 e. The second kappa shape index (κ2) is 7.51. The lowest BCUT2D eigenvalue weighted by molar-refractivity contribution is -0.143. The second-order valence-corrected chi connectivity index (χ2v) is 8.52. The number of nitrogens with zero attached hydrogens (tertiary/aromatic N) is 2. The molecule has 0 aliphatic heterocycles. The van der Waals surface area contributed by atoms with Crippen molar-refractivity contribution in [1.29, 1.82) is 0 Å². The summed E-state index contributed by atoms with van der Waals surface area (Å²) >= 11 is 0. The number of hydrogen-bond acceptors (Lipinski definition) is 2. The number of carbonyl (C=O) groups excluding carboxylic acids is 1. The van der Waals surface area contributed by atoms with E-state index in [9.17, 15) is 4.79 Å². The van der Waals surface area contributed by atoms with Gasteiger partial charge in [-0.1, -0.05) is 38.5 Å². The molecule has 1 heterocycles. The number of nitrogens with one attached hydrogen (secondary N) is 1. The highest BCUT2D eigenvalue weighted by Crippen LogP contribution is 2.34. The number of aryl methyl sites for hydroxylation is 2. The van der Waals surface area contributed by atoms with Gasteiger partial charge in [0.2, 0.25) is 5.91 Å². The first-order chi connectivity index (χ1) is 12.2. The van der Waals surface area contributed by atoms with Gasteiger partial charge in [-0.25, -0.2) is 4.98 Å². The van der Waals surface area contributed by atoms with E-state index in [1.807, 2.05) is 6.92 Å². The van der Waals surface area contributed by atoms with Crippen LogP contribution in [-0.4, -0.2) is 32.9 Å². The fraction of sp³-hybridized carbons (Fsp3) is 0.810. The van der Waals surface area contributed by atoms with Crippen LogP contribution in [0, 0.1) is 12.8 Å². The molecule has 4 heteroatoms. The summed E-state index contributed by atoms with van der Waals surface area (Å²) in [5, 5.41) is 0. The number of H-pyrrole nitrogens is 1. The Labute approximate surface area is 151 Å². The van der Waals surface area contributed by atoms with Crippen LogP contribution in [0.3, 0.4) is 0 Å². The maximum absolute atomic E-state index is 13.6. The summed E-state index contributed by atoms with van der Waals surface area (Å²) in [6, 6.07) is 1.02. The first-order valence-corrected chi connectivity index (χ1v) is 10.6. The number of rotatable bonds is 3. The molecule has 0 aromatic carbocycles. The fourth-order valence-corrected chi connectivity index (χ4v) is 5.42. The Morgan fingerprint density at radius 3 is 2.16 bits per heavy atom. The summed E-state index contributed by atoms with van der Waals surface area (Å²) in [6.07, 6.45) is 15.6. The molecule has 1 N–H and O–H groups in total. The lowest BCUT2D eigenvalue weighted by Gasteiger charge is -2.43. The zero-order chi connectivity index (χ0) is 17.2. The third kappa shape index (κ3) is 3.63. The highest BCUT2D eigenvalue weighted by Gasteiger charge is 2.37. The van der Waals surface area contributed by atoms with Crippen LogP contribution >= 0.6 is 0 Å². The van der Waals surface area contributed by atoms with Crippen molar-refractivity contribution in [3.8, 4) is 0 Å². The van der Waals surface area contributed by atoms with E-state index in [0.717, 1.165) is 25.1 Å². The van der Waals surface area contributed by atoms with Gasteiger partial charge < -0.3 is 9.88 Å². The van der Waals surface area contributed by atoms with E-state index in [-0.39, 0.29) is 5.92 Å². The van der Waals surface area contributed by atoms with E-state index in [1.54, 1.807) is 0 Å². The molecule has 0 spiro atoms. The maximum atomic E-state index is 13.6. The number of aromatic amines is 1. The van der Waals surface area contributed by atoms with E-state index >= 15 is 0 Å². The summed E-state index contributed by atoms with van der Waals surface area (Å²) in [7, 11) is 0. The highest BCUT2D eigenvalue weighted by molar-refractivity contribution is 5.80. The summed E-state index contributed by atoms with van der Waals surface area (Å²) in [4.78, 5) is 24.0. The number of carbonyl (C=O) groups is 1. The Kier molecular flexibility index (Phi) is 5.14. The summed E-state index contributed by atoms with van der Waals surface area (Å²) in [5.74, 6) is 1.61. The van der Waals surface area contributed by atoms with Crippen molar-refractivity contribution in [1.82, 2.24) is 14.9 Å². The van der Waals surface area contributed by atoms with Gasteiger partial charge in [0, 0.05) is 30.1 Å². The van der Waals surface area contributed by atoms with Gasteiger partial charge in [-0.3, -0.25) is 4.79 Å². The van der Waals surface area contributed by atoms with Crippen molar-refractivity contribution in [2.75, 3.05) is 0 Å². The molecular formula is C21H33N3O. The molecular weight excluding hydrogens is 310 g/mol. The van der Waals surface area contributed by atoms with Gasteiger partial charge in [-0.05, 0) is 45.4 Å². The number of amides is 1. The van der Waals surface area contributed by atoms with Crippen molar-refractivity contribution < 1.29 is 4.79 Å². The first-order valence-electron chi connectivity index (χ1n) is 10.6. The largest absolute Gasteiger partial charge is 0.346 e. The topological polar surface area (TPSA) is 49.0 Å². The molecule has 0 bridgehead atoms. The number of aromatic nitrogens is 2. The van der Waals surface area contributed by atoms with Gasteiger partial charge in [0.25, 0.3) is 0 Å². The van der Waals surface area contributed by atoms with Gasteiger partial charge in [0.15, 0.2) is 0 Å². The zero-order valence-corrected chi connectivity index (χ0v) is 15.7. The van der Waals surface area contributed by atoms with Crippen molar-refractivity contribution in [3.63, 3.8) is 0 Å². The van der Waals surface area contributed by atoms with Crippen molar-refractivity contribution in [2.24, 2.45) is 5.92 Å². The van der Waals surface area contributed by atoms with Gasteiger partial charge in [-0.2, -0.15) is 0 Å². The minimum atomic E-state index is 0.163. The maximum Gasteiger partial charge on any atom is 0.226 e. The van der Waals surface area contributed by atoms with Gasteiger partial charge in [0.05, 0.1) is 5.69 Å². The number of imidazole rings is 1. The van der Waals surface area contributed by atoms with Crippen molar-refractivity contribution in [2.45, 2.75) is 102 Å². The SMILES string of the molecule is Cc1nc2c([nH]1)CC(C(=O)N(C1CCCCC1)C1CCCCC1)CC2. The normalized spacial score (nSPS) is 25.6.